The number of ether oxygens (including phenoxy) is 1. The normalized spacial score (nSPS) is 10.9. The van der Waals surface area contributed by atoms with E-state index in [4.69, 9.17) is 9.72 Å². The molecule has 26 heavy (non-hydrogen) atoms. The van der Waals surface area contributed by atoms with E-state index in [0.29, 0.717) is 0 Å². The smallest absolute Gasteiger partial charge is 0.212 e. The van der Waals surface area contributed by atoms with Gasteiger partial charge in [0, 0.05) is 10.4 Å². The highest BCUT2D eigenvalue weighted by Crippen LogP contribution is 2.36. The fourth-order valence-electron chi connectivity index (χ4n) is 2.61. The molecule has 0 amide bonds. The van der Waals surface area contributed by atoms with Gasteiger partial charge in [0.25, 0.3) is 0 Å². The zero-order chi connectivity index (χ0) is 18.1. The van der Waals surface area contributed by atoms with E-state index in [1.54, 1.807) is 29.8 Å². The number of benzene rings is 1. The summed E-state index contributed by atoms with van der Waals surface area (Å²) in [6.45, 7) is 4.12. The molecule has 5 nitrogen and oxygen atoms in total. The summed E-state index contributed by atoms with van der Waals surface area (Å²) in [7, 11) is 1.69. The van der Waals surface area contributed by atoms with Gasteiger partial charge in [0.1, 0.15) is 5.75 Å². The molecule has 1 N–H and O–H groups in total. The number of hydrogen-bond donors (Lipinski definition) is 1. The van der Waals surface area contributed by atoms with Crippen molar-refractivity contribution in [3.05, 3.63) is 46.2 Å². The number of thiophene rings is 1. The Kier molecular flexibility index (Phi) is 4.71. The second-order valence-electron chi connectivity index (χ2n) is 5.62. The standard InChI is InChI=1S/C18H16N4OS3/c1-10-9-12(6-7-13(10)23-3)15-11(2)25-17(19-15)20-18-22-21-16(26-18)14-5-4-8-24-14/h4-9H,1-3H3,(H,19,20,22). The molecule has 8 heteroatoms. The van der Waals surface area contributed by atoms with Crippen LogP contribution < -0.4 is 10.1 Å². The fourth-order valence-corrected chi connectivity index (χ4v) is 5.04. The summed E-state index contributed by atoms with van der Waals surface area (Å²) in [5.74, 6) is 0.884. The van der Waals surface area contributed by atoms with Crippen molar-refractivity contribution in [2.24, 2.45) is 0 Å². The number of nitrogens with zero attached hydrogens (tertiary/aromatic N) is 3. The van der Waals surface area contributed by atoms with Crippen LogP contribution in [0.15, 0.2) is 35.7 Å². The Morgan fingerprint density at radius 3 is 2.65 bits per heavy atom. The topological polar surface area (TPSA) is 59.9 Å². The number of methoxy groups -OCH3 is 1. The minimum absolute atomic E-state index is 0.750. The first kappa shape index (κ1) is 17.1. The number of aromatic nitrogens is 3. The van der Waals surface area contributed by atoms with Crippen LogP contribution >= 0.6 is 34.0 Å². The zero-order valence-electron chi connectivity index (χ0n) is 14.4. The van der Waals surface area contributed by atoms with Gasteiger partial charge in [0.05, 0.1) is 17.7 Å². The van der Waals surface area contributed by atoms with E-state index in [1.165, 1.54) is 11.3 Å². The summed E-state index contributed by atoms with van der Waals surface area (Å²) < 4.78 is 5.34. The summed E-state index contributed by atoms with van der Waals surface area (Å²) in [6.07, 6.45) is 0. The zero-order valence-corrected chi connectivity index (χ0v) is 16.9. The SMILES string of the molecule is COc1ccc(-c2nc(Nc3nnc(-c4cccs4)s3)sc2C)cc1C. The number of nitrogens with one attached hydrogen (secondary N) is 1. The van der Waals surface area contributed by atoms with Gasteiger partial charge in [0.15, 0.2) is 10.1 Å². The van der Waals surface area contributed by atoms with Gasteiger partial charge in [-0.3, -0.25) is 0 Å². The molecule has 0 bridgehead atoms. The van der Waals surface area contributed by atoms with Gasteiger partial charge in [-0.05, 0) is 49.1 Å². The van der Waals surface area contributed by atoms with Crippen molar-refractivity contribution in [1.29, 1.82) is 0 Å². The van der Waals surface area contributed by atoms with Crippen LogP contribution in [0.25, 0.3) is 21.1 Å². The van der Waals surface area contributed by atoms with Crippen molar-refractivity contribution < 1.29 is 4.74 Å². The number of hydrogen-bond acceptors (Lipinski definition) is 8. The Bertz CT molecular complexity index is 1040. The fraction of sp³-hybridized carbons (Fsp3) is 0.167. The van der Waals surface area contributed by atoms with Crippen LogP contribution in [0.2, 0.25) is 0 Å². The van der Waals surface area contributed by atoms with E-state index in [0.717, 1.165) is 47.6 Å². The maximum absolute atomic E-state index is 5.34. The molecule has 4 aromatic rings. The maximum Gasteiger partial charge on any atom is 0.212 e. The molecule has 0 saturated carbocycles. The molecule has 0 aliphatic heterocycles. The first-order chi connectivity index (χ1) is 12.6. The molecule has 1 aromatic carbocycles. The van der Waals surface area contributed by atoms with Crippen LogP contribution in [-0.4, -0.2) is 22.3 Å². The lowest BCUT2D eigenvalue weighted by Crippen LogP contribution is -1.90. The average Bonchev–Trinajstić information content (AvgIpc) is 3.36. The highest BCUT2D eigenvalue weighted by molar-refractivity contribution is 7.23. The van der Waals surface area contributed by atoms with Crippen molar-refractivity contribution in [3.8, 4) is 26.9 Å². The minimum Gasteiger partial charge on any atom is -0.496 e. The predicted octanol–water partition coefficient (Wildman–Crippen LogP) is 5.76. The Hall–Kier alpha value is -2.29. The Balaban J connectivity index is 1.58. The van der Waals surface area contributed by atoms with Gasteiger partial charge in [-0.2, -0.15) is 0 Å². The first-order valence-corrected chi connectivity index (χ1v) is 10.4. The second kappa shape index (κ2) is 7.14. The monoisotopic (exact) mass is 400 g/mol. The van der Waals surface area contributed by atoms with Gasteiger partial charge in [-0.25, -0.2) is 4.98 Å². The molecule has 0 saturated heterocycles. The Labute approximate surface area is 163 Å². The molecule has 3 aromatic heterocycles. The Morgan fingerprint density at radius 1 is 1.04 bits per heavy atom. The van der Waals surface area contributed by atoms with E-state index < -0.39 is 0 Å². The lowest BCUT2D eigenvalue weighted by molar-refractivity contribution is 0.412. The summed E-state index contributed by atoms with van der Waals surface area (Å²) in [4.78, 5) is 7.03. The summed E-state index contributed by atoms with van der Waals surface area (Å²) >= 11 is 4.81. The van der Waals surface area contributed by atoms with Crippen LogP contribution in [0.4, 0.5) is 10.3 Å². The number of thiazole rings is 1. The number of aryl methyl sites for hydroxylation is 2. The molecule has 0 fully saturated rings. The second-order valence-corrected chi connectivity index (χ2v) is 8.75. The van der Waals surface area contributed by atoms with Gasteiger partial charge >= 0.3 is 0 Å². The van der Waals surface area contributed by atoms with E-state index in [-0.39, 0.29) is 0 Å². The van der Waals surface area contributed by atoms with Crippen molar-refractivity contribution in [1.82, 2.24) is 15.2 Å². The van der Waals surface area contributed by atoms with Gasteiger partial charge in [-0.1, -0.05) is 17.4 Å². The van der Waals surface area contributed by atoms with Crippen LogP contribution in [-0.2, 0) is 0 Å². The molecule has 0 atom stereocenters. The minimum atomic E-state index is 0.750. The largest absolute Gasteiger partial charge is 0.496 e. The lowest BCUT2D eigenvalue weighted by atomic mass is 10.1. The number of rotatable bonds is 5. The number of anilines is 2. The molecule has 0 aliphatic carbocycles. The first-order valence-electron chi connectivity index (χ1n) is 7.91. The van der Waals surface area contributed by atoms with Crippen molar-refractivity contribution in [3.63, 3.8) is 0 Å². The quantitative estimate of drug-likeness (QED) is 0.461. The third kappa shape index (κ3) is 3.35. The molecule has 0 radical (unpaired) electrons. The van der Waals surface area contributed by atoms with Crippen molar-refractivity contribution in [2.75, 3.05) is 12.4 Å². The molecular weight excluding hydrogens is 384 g/mol. The maximum atomic E-state index is 5.34. The molecule has 132 valence electrons. The van der Waals surface area contributed by atoms with Crippen LogP contribution in [0.3, 0.4) is 0 Å². The van der Waals surface area contributed by atoms with Crippen LogP contribution in [0, 0.1) is 13.8 Å². The van der Waals surface area contributed by atoms with Gasteiger partial charge in [0.2, 0.25) is 5.13 Å². The van der Waals surface area contributed by atoms with Crippen molar-refractivity contribution >= 4 is 44.3 Å². The van der Waals surface area contributed by atoms with Crippen LogP contribution in [0.5, 0.6) is 5.75 Å². The van der Waals surface area contributed by atoms with Crippen molar-refractivity contribution in [2.45, 2.75) is 13.8 Å². The van der Waals surface area contributed by atoms with Gasteiger partial charge in [-0.15, -0.1) is 32.9 Å². The van der Waals surface area contributed by atoms with E-state index in [1.807, 2.05) is 36.6 Å². The third-order valence-electron chi connectivity index (χ3n) is 3.84. The summed E-state index contributed by atoms with van der Waals surface area (Å²) in [5.41, 5.74) is 3.16. The van der Waals surface area contributed by atoms with E-state index >= 15 is 0 Å². The lowest BCUT2D eigenvalue weighted by Gasteiger charge is -2.06. The highest BCUT2D eigenvalue weighted by atomic mass is 32.1. The van der Waals surface area contributed by atoms with E-state index in [2.05, 4.69) is 28.5 Å². The Morgan fingerprint density at radius 2 is 1.92 bits per heavy atom. The third-order valence-corrected chi connectivity index (χ3v) is 6.60. The molecule has 0 spiro atoms. The van der Waals surface area contributed by atoms with Gasteiger partial charge < -0.3 is 10.1 Å². The molecule has 0 unspecified atom stereocenters. The van der Waals surface area contributed by atoms with E-state index in [9.17, 15) is 0 Å². The molecular formula is C18H16N4OS3. The molecule has 0 aliphatic rings. The summed E-state index contributed by atoms with van der Waals surface area (Å²) in [6, 6.07) is 10.2. The molecule has 3 heterocycles. The predicted molar refractivity (Wildman–Crippen MR) is 110 cm³/mol. The molecule has 4 rings (SSSR count). The van der Waals surface area contributed by atoms with Crippen LogP contribution in [0.1, 0.15) is 10.4 Å². The highest BCUT2D eigenvalue weighted by Gasteiger charge is 2.14. The summed E-state index contributed by atoms with van der Waals surface area (Å²) in [5, 5.41) is 16.3. The average molecular weight is 401 g/mol.